The minimum absolute atomic E-state index is 0.0220. The van der Waals surface area contributed by atoms with Gasteiger partial charge in [-0.3, -0.25) is 9.69 Å². The van der Waals surface area contributed by atoms with Crippen LogP contribution in [-0.4, -0.2) is 62.5 Å². The summed E-state index contributed by atoms with van der Waals surface area (Å²) in [7, 11) is 5.59. The number of nitrogens with one attached hydrogen (secondary N) is 1. The van der Waals surface area contributed by atoms with Gasteiger partial charge in [-0.15, -0.1) is 0 Å². The van der Waals surface area contributed by atoms with E-state index in [1.54, 1.807) is 19.0 Å². The van der Waals surface area contributed by atoms with Crippen LogP contribution >= 0.6 is 0 Å². The van der Waals surface area contributed by atoms with E-state index < -0.39 is 0 Å². The maximum atomic E-state index is 11.6. The van der Waals surface area contributed by atoms with Gasteiger partial charge in [0.1, 0.15) is 6.04 Å². The highest BCUT2D eigenvalue weighted by atomic mass is 16.2. The number of hydrogen-bond donors (Lipinski definition) is 1. The lowest BCUT2D eigenvalue weighted by atomic mass is 10.2. The Bertz CT molecular complexity index is 170. The monoisotopic (exact) mass is 171 g/mol. The number of hydrogen-bond acceptors (Lipinski definition) is 3. The largest absolute Gasteiger partial charge is 0.347 e. The Morgan fingerprint density at radius 2 is 2.25 bits per heavy atom. The van der Waals surface area contributed by atoms with Gasteiger partial charge in [0.25, 0.3) is 0 Å². The van der Waals surface area contributed by atoms with E-state index in [0.29, 0.717) is 0 Å². The Labute approximate surface area is 73.5 Å². The molecule has 1 aliphatic rings. The zero-order valence-corrected chi connectivity index (χ0v) is 8.00. The van der Waals surface area contributed by atoms with Crippen molar-refractivity contribution in [3.8, 4) is 0 Å². The number of nitrogens with zero attached hydrogens (tertiary/aromatic N) is 2. The first kappa shape index (κ1) is 9.48. The van der Waals surface area contributed by atoms with Crippen molar-refractivity contribution in [1.29, 1.82) is 0 Å². The molecule has 1 saturated heterocycles. The number of carbonyl (C=O) groups excluding carboxylic acids is 1. The number of likely N-dealkylation sites (N-methyl/N-ethyl adjacent to an activating group) is 2. The third-order valence-corrected chi connectivity index (χ3v) is 2.24. The highest BCUT2D eigenvalue weighted by molar-refractivity contribution is 5.81. The second kappa shape index (κ2) is 3.87. The summed E-state index contributed by atoms with van der Waals surface area (Å²) in [5, 5.41) is 3.21. The first-order valence-electron chi connectivity index (χ1n) is 4.25. The minimum atomic E-state index is 0.0220. The zero-order valence-electron chi connectivity index (χ0n) is 8.00. The second-order valence-corrected chi connectivity index (χ2v) is 3.43. The fraction of sp³-hybridized carbons (Fsp3) is 0.875. The Hall–Kier alpha value is -0.610. The van der Waals surface area contributed by atoms with E-state index >= 15 is 0 Å². The van der Waals surface area contributed by atoms with Crippen LogP contribution in [0.1, 0.15) is 0 Å². The quantitative estimate of drug-likeness (QED) is 0.548. The molecule has 1 rings (SSSR count). The first-order valence-corrected chi connectivity index (χ1v) is 4.25. The summed E-state index contributed by atoms with van der Waals surface area (Å²) in [6, 6.07) is 0.0220. The molecule has 4 nitrogen and oxygen atoms in total. The maximum absolute atomic E-state index is 11.6. The SMILES string of the molecule is CN(C)C(=O)[C@@H]1CNCCN1C. The first-order chi connectivity index (χ1) is 5.63. The molecule has 12 heavy (non-hydrogen) atoms. The number of carbonyl (C=O) groups is 1. The van der Waals surface area contributed by atoms with Gasteiger partial charge in [-0.2, -0.15) is 0 Å². The van der Waals surface area contributed by atoms with Crippen molar-refractivity contribution in [3.05, 3.63) is 0 Å². The molecule has 1 aliphatic heterocycles. The third-order valence-electron chi connectivity index (χ3n) is 2.24. The van der Waals surface area contributed by atoms with Crippen LogP contribution < -0.4 is 5.32 Å². The molecule has 0 aliphatic carbocycles. The van der Waals surface area contributed by atoms with Crippen molar-refractivity contribution in [2.24, 2.45) is 0 Å². The molecule has 0 unspecified atom stereocenters. The Balaban J connectivity index is 2.53. The van der Waals surface area contributed by atoms with Crippen LogP contribution in [0.3, 0.4) is 0 Å². The maximum Gasteiger partial charge on any atom is 0.240 e. The van der Waals surface area contributed by atoms with E-state index in [0.717, 1.165) is 19.6 Å². The molecule has 0 radical (unpaired) electrons. The van der Waals surface area contributed by atoms with Crippen molar-refractivity contribution in [3.63, 3.8) is 0 Å². The normalized spacial score (nSPS) is 25.4. The van der Waals surface area contributed by atoms with Crippen LogP contribution in [0, 0.1) is 0 Å². The highest BCUT2D eigenvalue weighted by Crippen LogP contribution is 2.01. The molecule has 0 aromatic carbocycles. The summed E-state index contributed by atoms with van der Waals surface area (Å²) in [5.41, 5.74) is 0. The van der Waals surface area contributed by atoms with E-state index in [1.807, 2.05) is 7.05 Å². The number of piperazine rings is 1. The smallest absolute Gasteiger partial charge is 0.240 e. The van der Waals surface area contributed by atoms with E-state index in [4.69, 9.17) is 0 Å². The van der Waals surface area contributed by atoms with Crippen molar-refractivity contribution in [2.75, 3.05) is 40.8 Å². The summed E-state index contributed by atoms with van der Waals surface area (Å²) in [5.74, 6) is 0.185. The van der Waals surface area contributed by atoms with Gasteiger partial charge < -0.3 is 10.2 Å². The predicted molar refractivity (Wildman–Crippen MR) is 48.0 cm³/mol. The topological polar surface area (TPSA) is 35.6 Å². The van der Waals surface area contributed by atoms with Crippen molar-refractivity contribution in [1.82, 2.24) is 15.1 Å². The summed E-state index contributed by atoms with van der Waals surface area (Å²) >= 11 is 0. The fourth-order valence-electron chi connectivity index (χ4n) is 1.38. The molecule has 4 heteroatoms. The van der Waals surface area contributed by atoms with Gasteiger partial charge in [-0.1, -0.05) is 0 Å². The molecule has 1 heterocycles. The fourth-order valence-corrected chi connectivity index (χ4v) is 1.38. The number of rotatable bonds is 1. The van der Waals surface area contributed by atoms with Gasteiger partial charge in [0.2, 0.25) is 5.91 Å². The summed E-state index contributed by atoms with van der Waals surface area (Å²) in [4.78, 5) is 15.3. The molecule has 0 spiro atoms. The average molecular weight is 171 g/mol. The minimum Gasteiger partial charge on any atom is -0.347 e. The van der Waals surface area contributed by atoms with Crippen molar-refractivity contribution >= 4 is 5.91 Å². The van der Waals surface area contributed by atoms with E-state index in [9.17, 15) is 4.79 Å². The molecule has 0 bridgehead atoms. The predicted octanol–water partition coefficient (Wildman–Crippen LogP) is -1.02. The lowest BCUT2D eigenvalue weighted by molar-refractivity contribution is -0.134. The van der Waals surface area contributed by atoms with E-state index in [1.165, 1.54) is 0 Å². The van der Waals surface area contributed by atoms with Gasteiger partial charge >= 0.3 is 0 Å². The molecule has 1 amide bonds. The van der Waals surface area contributed by atoms with Crippen LogP contribution in [0.5, 0.6) is 0 Å². The molecular formula is C8H17N3O. The van der Waals surface area contributed by atoms with E-state index in [2.05, 4.69) is 10.2 Å². The lowest BCUT2D eigenvalue weighted by Gasteiger charge is -2.33. The van der Waals surface area contributed by atoms with Crippen LogP contribution in [0.2, 0.25) is 0 Å². The van der Waals surface area contributed by atoms with Crippen molar-refractivity contribution < 1.29 is 4.79 Å². The second-order valence-electron chi connectivity index (χ2n) is 3.43. The Kier molecular flexibility index (Phi) is 3.05. The van der Waals surface area contributed by atoms with Crippen LogP contribution in [-0.2, 0) is 4.79 Å². The summed E-state index contributed by atoms with van der Waals surface area (Å²) < 4.78 is 0. The third kappa shape index (κ3) is 1.95. The van der Waals surface area contributed by atoms with Gasteiger partial charge in [-0.05, 0) is 7.05 Å². The molecule has 1 N–H and O–H groups in total. The number of amides is 1. The van der Waals surface area contributed by atoms with Gasteiger partial charge in [0.05, 0.1) is 0 Å². The molecule has 70 valence electrons. The molecule has 0 saturated carbocycles. The van der Waals surface area contributed by atoms with Crippen LogP contribution in [0.15, 0.2) is 0 Å². The molecule has 1 fully saturated rings. The van der Waals surface area contributed by atoms with Crippen molar-refractivity contribution in [2.45, 2.75) is 6.04 Å². The van der Waals surface area contributed by atoms with E-state index in [-0.39, 0.29) is 11.9 Å². The zero-order chi connectivity index (χ0) is 9.14. The van der Waals surface area contributed by atoms with Gasteiger partial charge in [0.15, 0.2) is 0 Å². The Morgan fingerprint density at radius 1 is 1.58 bits per heavy atom. The highest BCUT2D eigenvalue weighted by Gasteiger charge is 2.26. The molecular weight excluding hydrogens is 154 g/mol. The molecule has 0 aromatic rings. The van der Waals surface area contributed by atoms with Crippen LogP contribution in [0.25, 0.3) is 0 Å². The Morgan fingerprint density at radius 3 is 2.75 bits per heavy atom. The lowest BCUT2D eigenvalue weighted by Crippen LogP contribution is -2.55. The standard InChI is InChI=1S/C8H17N3O/c1-10(2)8(12)7-6-9-4-5-11(7)3/h7,9H,4-6H2,1-3H3/t7-/m0/s1. The van der Waals surface area contributed by atoms with Crippen LogP contribution in [0.4, 0.5) is 0 Å². The van der Waals surface area contributed by atoms with Gasteiger partial charge in [0, 0.05) is 33.7 Å². The average Bonchev–Trinajstić information content (AvgIpc) is 2.04. The van der Waals surface area contributed by atoms with Gasteiger partial charge in [-0.25, -0.2) is 0 Å². The molecule has 1 atom stereocenters. The summed E-state index contributed by atoms with van der Waals surface area (Å²) in [6.45, 7) is 2.70. The summed E-state index contributed by atoms with van der Waals surface area (Å²) in [6.07, 6.45) is 0. The molecule has 0 aromatic heterocycles.